The van der Waals surface area contributed by atoms with Crippen molar-refractivity contribution in [3.63, 3.8) is 0 Å². The molecule has 1 aromatic heterocycles. The molecular formula is C53H64ClFN6O11. The van der Waals surface area contributed by atoms with Crippen molar-refractivity contribution in [3.05, 3.63) is 79.1 Å². The van der Waals surface area contributed by atoms with Gasteiger partial charge in [-0.25, -0.2) is 9.18 Å². The molecule has 0 bridgehead atoms. The number of carbonyl (C=O) groups is 5. The van der Waals surface area contributed by atoms with E-state index in [4.69, 9.17) is 32.5 Å². The Morgan fingerprint density at radius 2 is 1.64 bits per heavy atom. The van der Waals surface area contributed by atoms with Crippen molar-refractivity contribution < 1.29 is 53.2 Å². The van der Waals surface area contributed by atoms with Gasteiger partial charge in [0.1, 0.15) is 34.2 Å². The molecule has 1 amide bonds. The van der Waals surface area contributed by atoms with Gasteiger partial charge in [0.25, 0.3) is 5.91 Å². The molecule has 0 radical (unpaired) electrons. The maximum Gasteiger partial charge on any atom is 0.343 e. The molecule has 386 valence electrons. The Bertz CT molecular complexity index is 2910. The number of hydrogen-bond acceptors (Lipinski definition) is 15. The first kappa shape index (κ1) is 51.1. The van der Waals surface area contributed by atoms with Crippen LogP contribution >= 0.6 is 11.6 Å². The van der Waals surface area contributed by atoms with Crippen LogP contribution in [0.15, 0.2) is 46.1 Å². The molecule has 5 atom stereocenters. The van der Waals surface area contributed by atoms with Crippen LogP contribution in [0.4, 0.5) is 15.8 Å². The van der Waals surface area contributed by atoms with Gasteiger partial charge in [-0.15, -0.1) is 0 Å². The quantitative estimate of drug-likeness (QED) is 0.0427. The Morgan fingerprint density at radius 1 is 0.972 bits per heavy atom. The SMILES string of the molecule is CN(C)c1ccc(OC(=O)CCCCCCCCCCOC(=O)c2cn(C3CC3)c3c(Cl)c(N4C[C@@H](N)C5(CC5)C4)c(F)cc3c2=O)c2c1C[C@@H]1C[C@@H]3[C@@H](N(C)C)C(=O)C(C(N)=O)=C(O)[C@]3(O)C(=O)C1=C2O. The molecule has 1 aliphatic heterocycles. The Kier molecular flexibility index (Phi) is 13.9. The van der Waals surface area contributed by atoms with Crippen molar-refractivity contribution >= 4 is 69.1 Å². The monoisotopic (exact) mass is 1010 g/mol. The number of Topliss-reactive ketones (excluding diaryl/α,β-unsaturated/α-hetero) is 2. The Labute approximate surface area is 421 Å². The summed E-state index contributed by atoms with van der Waals surface area (Å²) < 4.78 is 29.0. The number of nitrogens with zero attached hydrogens (tertiary/aromatic N) is 4. The van der Waals surface area contributed by atoms with E-state index < -0.39 is 81.2 Å². The van der Waals surface area contributed by atoms with Crippen LogP contribution in [0, 0.1) is 23.1 Å². The number of nitrogens with two attached hydrogens (primary N) is 2. The molecule has 7 N–H and O–H groups in total. The molecule has 17 nitrogen and oxygen atoms in total. The first-order chi connectivity index (χ1) is 34.2. The zero-order valence-corrected chi connectivity index (χ0v) is 42.0. The smallest absolute Gasteiger partial charge is 0.343 e. The van der Waals surface area contributed by atoms with E-state index in [1.165, 1.54) is 23.2 Å². The van der Waals surface area contributed by atoms with Crippen LogP contribution in [0.1, 0.15) is 117 Å². The molecule has 19 heteroatoms. The van der Waals surface area contributed by atoms with Crippen LogP contribution in [0.2, 0.25) is 5.02 Å². The topological polar surface area (TPSA) is 248 Å². The average molecular weight is 1020 g/mol. The predicted molar refractivity (Wildman–Crippen MR) is 268 cm³/mol. The number of likely N-dealkylation sites (N-methyl/N-ethyl adjacent to an activating group) is 1. The summed E-state index contributed by atoms with van der Waals surface area (Å²) in [6.07, 6.45) is 11.8. The lowest BCUT2D eigenvalue weighted by molar-refractivity contribution is -0.153. The van der Waals surface area contributed by atoms with Crippen molar-refractivity contribution in [2.45, 2.75) is 120 Å². The number of benzene rings is 2. The van der Waals surface area contributed by atoms with Crippen LogP contribution in [-0.4, -0.2) is 120 Å². The molecule has 3 aromatic rings. The van der Waals surface area contributed by atoms with Gasteiger partial charge in [0.05, 0.1) is 39.8 Å². The van der Waals surface area contributed by atoms with Gasteiger partial charge < -0.3 is 50.6 Å². The molecule has 72 heavy (non-hydrogen) atoms. The summed E-state index contributed by atoms with van der Waals surface area (Å²) in [4.78, 5) is 85.6. The molecule has 2 aromatic carbocycles. The molecule has 0 unspecified atom stereocenters. The highest BCUT2D eigenvalue weighted by molar-refractivity contribution is 6.38. The number of unbranched alkanes of at least 4 members (excludes halogenated alkanes) is 7. The summed E-state index contributed by atoms with van der Waals surface area (Å²) >= 11 is 6.92. The molecule has 1 spiro atoms. The normalized spacial score (nSPS) is 24.2. The third-order valence-corrected chi connectivity index (χ3v) is 16.4. The van der Waals surface area contributed by atoms with Crippen LogP contribution < -0.4 is 31.4 Å². The summed E-state index contributed by atoms with van der Waals surface area (Å²) in [5.74, 6) is -8.57. The van der Waals surface area contributed by atoms with Crippen LogP contribution in [0.5, 0.6) is 5.75 Å². The number of anilines is 2. The molecule has 5 aliphatic carbocycles. The summed E-state index contributed by atoms with van der Waals surface area (Å²) in [7, 11) is 6.73. The number of pyridine rings is 1. The molecule has 4 fully saturated rings. The molecule has 1 saturated heterocycles. The zero-order chi connectivity index (χ0) is 51.7. The highest BCUT2D eigenvalue weighted by Crippen LogP contribution is 2.55. The van der Waals surface area contributed by atoms with Gasteiger partial charge in [-0.2, -0.15) is 0 Å². The van der Waals surface area contributed by atoms with Gasteiger partial charge in [-0.3, -0.25) is 28.9 Å². The van der Waals surface area contributed by atoms with Crippen molar-refractivity contribution in [2.24, 2.45) is 28.7 Å². The maximum atomic E-state index is 15.8. The highest BCUT2D eigenvalue weighted by Gasteiger charge is 2.64. The number of amides is 1. The second-order valence-electron chi connectivity index (χ2n) is 21.3. The lowest BCUT2D eigenvalue weighted by Gasteiger charge is -2.50. The third kappa shape index (κ3) is 8.85. The molecular weight excluding hydrogens is 951 g/mol. The molecule has 9 rings (SSSR count). The molecule has 6 aliphatic rings. The van der Waals surface area contributed by atoms with E-state index in [0.717, 1.165) is 64.2 Å². The number of fused-ring (bicyclic) bond motifs is 4. The van der Waals surface area contributed by atoms with E-state index in [1.807, 2.05) is 28.5 Å². The highest BCUT2D eigenvalue weighted by atomic mass is 35.5. The minimum atomic E-state index is -2.73. The third-order valence-electron chi connectivity index (χ3n) is 16.0. The number of aliphatic hydroxyl groups is 3. The van der Waals surface area contributed by atoms with Crippen LogP contribution in [-0.2, 0) is 30.3 Å². The van der Waals surface area contributed by atoms with Gasteiger partial charge >= 0.3 is 11.9 Å². The summed E-state index contributed by atoms with van der Waals surface area (Å²) in [5.41, 5.74) is 9.39. The van der Waals surface area contributed by atoms with Gasteiger partial charge in [0.2, 0.25) is 11.2 Å². The second-order valence-corrected chi connectivity index (χ2v) is 21.6. The first-order valence-corrected chi connectivity index (χ1v) is 25.5. The summed E-state index contributed by atoms with van der Waals surface area (Å²) in [5, 5.41) is 35.3. The van der Waals surface area contributed by atoms with E-state index in [0.29, 0.717) is 42.7 Å². The van der Waals surface area contributed by atoms with Crippen molar-refractivity contribution in [3.8, 4) is 5.75 Å². The predicted octanol–water partition coefficient (Wildman–Crippen LogP) is 5.97. The average Bonchev–Trinajstić information content (AvgIpc) is 4.26. The van der Waals surface area contributed by atoms with Crippen LogP contribution in [0.3, 0.4) is 0 Å². The number of halogens is 2. The Balaban J connectivity index is 0.752. The fourth-order valence-electron chi connectivity index (χ4n) is 11.9. The number of primary amides is 1. The van der Waals surface area contributed by atoms with Gasteiger partial charge in [0.15, 0.2) is 11.4 Å². The number of aromatic nitrogens is 1. The second kappa shape index (κ2) is 19.6. The largest absolute Gasteiger partial charge is 0.508 e. The standard InChI is InChI=1S/C53H64ClFN6O11/c1-58(2)34-16-17-35(39-29(34)21-27-22-32-43(59(3)4)47(65)40(50(57)68)49(67)53(32,70)48(66)38(27)46(39)64)72-37(62)13-11-9-7-5-6-8-10-12-20-71-51(69)31-24-61(28-14-15-28)42-30(45(31)63)23-33(55)44(41(42)54)60-25-36(56)52(26-60)18-19-52/h16-17,23-24,27-28,32,36,43,64,67,70H,5-15,18-22,25-26,56H2,1-4H3,(H2,57,68)/t27-,32-,36-,43-,53-/m1/s1. The van der Waals surface area contributed by atoms with E-state index >= 15 is 4.39 Å². The van der Waals surface area contributed by atoms with Crippen molar-refractivity contribution in [1.82, 2.24) is 9.47 Å². The number of rotatable bonds is 18. The summed E-state index contributed by atoms with van der Waals surface area (Å²) in [6.45, 7) is 1.22. The van der Waals surface area contributed by atoms with Gasteiger partial charge in [-0.1, -0.05) is 50.1 Å². The van der Waals surface area contributed by atoms with Crippen molar-refractivity contribution in [1.29, 1.82) is 0 Å². The summed E-state index contributed by atoms with van der Waals surface area (Å²) in [6, 6.07) is 3.29. The lowest BCUT2D eigenvalue weighted by atomic mass is 9.57. The minimum Gasteiger partial charge on any atom is -0.508 e. The van der Waals surface area contributed by atoms with Gasteiger partial charge in [-0.05, 0) is 95.1 Å². The Hall–Kier alpha value is -5.82. The fourth-order valence-corrected chi connectivity index (χ4v) is 12.3. The fraction of sp³-hybridized carbons (Fsp3) is 0.547. The van der Waals surface area contributed by atoms with Crippen molar-refractivity contribution in [2.75, 3.05) is 57.7 Å². The number of ether oxygens (including phenoxy) is 2. The Morgan fingerprint density at radius 3 is 2.25 bits per heavy atom. The van der Waals surface area contributed by atoms with E-state index in [2.05, 4.69) is 0 Å². The maximum absolute atomic E-state index is 15.8. The van der Waals surface area contributed by atoms with Crippen LogP contribution in [0.25, 0.3) is 16.7 Å². The number of esters is 2. The zero-order valence-electron chi connectivity index (χ0n) is 41.2. The number of hydrogen-bond donors (Lipinski definition) is 5. The lowest BCUT2D eigenvalue weighted by Crippen LogP contribution is -2.65. The molecule has 2 heterocycles. The van der Waals surface area contributed by atoms with E-state index in [-0.39, 0.29) is 81.9 Å². The number of aliphatic hydroxyl groups excluding tert-OH is 2. The van der Waals surface area contributed by atoms with Gasteiger partial charge in [0, 0.05) is 74.5 Å². The van der Waals surface area contributed by atoms with E-state index in [9.17, 15) is 44.1 Å². The molecule has 3 saturated carbocycles. The van der Waals surface area contributed by atoms with E-state index in [1.54, 1.807) is 20.2 Å². The minimum absolute atomic E-state index is 0.00564. The number of carbonyl (C=O) groups excluding carboxylic acids is 5. The number of ketones is 2. The first-order valence-electron chi connectivity index (χ1n) is 25.1.